The Morgan fingerprint density at radius 3 is 2.35 bits per heavy atom. The average molecular weight is 605 g/mol. The van der Waals surface area contributed by atoms with E-state index < -0.39 is 42.0 Å². The lowest BCUT2D eigenvalue weighted by molar-refractivity contribution is -0.134. The number of fused-ring (bicyclic) bond motifs is 2. The molecule has 0 saturated carbocycles. The lowest BCUT2D eigenvalue weighted by atomic mass is 10.0. The standard InChI is InChI=1S/C30H48N6O7/c1-19(2)15-24-28(40)35-27(21(4)37)29(41)33-11-5-6-13-36(30(42)20(3)31)14-8-12-32-26(39)18-43-23-10-7-9-22(16-23)17-25(38)34-24/h7,9-10,16,19-21,24,27,37H,5-6,8,11-15,17-18,31H2,1-4H3,(H,32,39)(H,33,41)(H,34,38)(H,35,40)/t20-,21+,24+,27-/m0/s1. The maximum Gasteiger partial charge on any atom is 0.257 e. The van der Waals surface area contributed by atoms with Gasteiger partial charge in [0.2, 0.25) is 23.6 Å². The van der Waals surface area contributed by atoms with Crippen molar-refractivity contribution in [3.05, 3.63) is 29.8 Å². The summed E-state index contributed by atoms with van der Waals surface area (Å²) in [6, 6.07) is 3.93. The van der Waals surface area contributed by atoms with Gasteiger partial charge in [-0.15, -0.1) is 0 Å². The van der Waals surface area contributed by atoms with Crippen LogP contribution in [0, 0.1) is 5.92 Å². The zero-order chi connectivity index (χ0) is 31.9. The van der Waals surface area contributed by atoms with Gasteiger partial charge in [0.1, 0.15) is 17.8 Å². The number of aliphatic hydroxyl groups excluding tert-OH is 1. The highest BCUT2D eigenvalue weighted by atomic mass is 16.5. The maximum atomic E-state index is 13.2. The quantitative estimate of drug-likeness (QED) is 0.267. The van der Waals surface area contributed by atoms with Crippen molar-refractivity contribution in [3.63, 3.8) is 0 Å². The van der Waals surface area contributed by atoms with Gasteiger partial charge in [-0.25, -0.2) is 0 Å². The molecule has 1 aromatic rings. The van der Waals surface area contributed by atoms with E-state index in [-0.39, 0.29) is 37.3 Å². The minimum Gasteiger partial charge on any atom is -0.484 e. The van der Waals surface area contributed by atoms with E-state index in [0.29, 0.717) is 56.6 Å². The second-order valence-electron chi connectivity index (χ2n) is 11.4. The summed E-state index contributed by atoms with van der Waals surface area (Å²) in [4.78, 5) is 65.6. The van der Waals surface area contributed by atoms with E-state index in [1.165, 1.54) is 6.92 Å². The van der Waals surface area contributed by atoms with Crippen molar-refractivity contribution in [2.75, 3.05) is 32.8 Å². The van der Waals surface area contributed by atoms with Crippen LogP contribution in [0.3, 0.4) is 0 Å². The first-order valence-electron chi connectivity index (χ1n) is 15.0. The molecule has 5 amide bonds. The summed E-state index contributed by atoms with van der Waals surface area (Å²) in [5.41, 5.74) is 6.44. The molecule has 0 spiro atoms. The van der Waals surface area contributed by atoms with Gasteiger partial charge in [-0.3, -0.25) is 24.0 Å². The first-order chi connectivity index (χ1) is 20.4. The Kier molecular flexibility index (Phi) is 14.9. The van der Waals surface area contributed by atoms with Crippen molar-refractivity contribution in [3.8, 4) is 5.75 Å². The lowest BCUT2D eigenvalue weighted by Gasteiger charge is -2.26. The Labute approximate surface area is 253 Å². The molecule has 0 aliphatic carbocycles. The van der Waals surface area contributed by atoms with Crippen molar-refractivity contribution in [1.82, 2.24) is 26.2 Å². The molecule has 0 saturated heterocycles. The van der Waals surface area contributed by atoms with Crippen LogP contribution in [-0.2, 0) is 30.4 Å². The van der Waals surface area contributed by atoms with E-state index >= 15 is 0 Å². The predicted molar refractivity (Wildman–Crippen MR) is 161 cm³/mol. The van der Waals surface area contributed by atoms with Gasteiger partial charge in [-0.05, 0) is 63.1 Å². The van der Waals surface area contributed by atoms with Crippen molar-refractivity contribution in [1.29, 1.82) is 0 Å². The van der Waals surface area contributed by atoms with E-state index in [1.807, 2.05) is 13.8 Å². The number of aliphatic hydroxyl groups is 1. The lowest BCUT2D eigenvalue weighted by Crippen LogP contribution is -2.57. The number of hydrogen-bond acceptors (Lipinski definition) is 8. The van der Waals surface area contributed by atoms with Gasteiger partial charge < -0.3 is 41.7 Å². The maximum absolute atomic E-state index is 13.2. The van der Waals surface area contributed by atoms with Crippen molar-refractivity contribution < 1.29 is 33.8 Å². The van der Waals surface area contributed by atoms with Gasteiger partial charge in [-0.2, -0.15) is 0 Å². The molecule has 4 atom stereocenters. The highest BCUT2D eigenvalue weighted by Gasteiger charge is 2.30. The van der Waals surface area contributed by atoms with Crippen LogP contribution in [0.1, 0.15) is 58.9 Å². The number of carbonyl (C=O) groups excluding carboxylic acids is 5. The van der Waals surface area contributed by atoms with Gasteiger partial charge >= 0.3 is 0 Å². The topological polar surface area (TPSA) is 192 Å². The molecular weight excluding hydrogens is 556 g/mol. The molecule has 1 aliphatic heterocycles. The summed E-state index contributed by atoms with van der Waals surface area (Å²) < 4.78 is 5.61. The number of hydrogen-bond donors (Lipinski definition) is 6. The molecule has 1 heterocycles. The molecular formula is C30H48N6O7. The Hall–Kier alpha value is -3.71. The summed E-state index contributed by atoms with van der Waals surface area (Å²) in [7, 11) is 0. The normalized spacial score (nSPS) is 22.2. The van der Waals surface area contributed by atoms with Crippen LogP contribution in [0.15, 0.2) is 24.3 Å². The first kappa shape index (κ1) is 35.5. The second kappa shape index (κ2) is 18.1. The number of carbonyl (C=O) groups is 5. The number of benzene rings is 1. The summed E-state index contributed by atoms with van der Waals surface area (Å²) in [5, 5.41) is 21.1. The molecule has 7 N–H and O–H groups in total. The molecule has 0 radical (unpaired) electrons. The number of nitrogens with zero attached hydrogens (tertiary/aromatic N) is 1. The van der Waals surface area contributed by atoms with Gasteiger partial charge in [0.25, 0.3) is 5.91 Å². The van der Waals surface area contributed by atoms with Crippen LogP contribution >= 0.6 is 0 Å². The van der Waals surface area contributed by atoms with Crippen LogP contribution in [0.5, 0.6) is 5.75 Å². The van der Waals surface area contributed by atoms with Crippen molar-refractivity contribution in [2.45, 2.75) is 84.0 Å². The van der Waals surface area contributed by atoms with Gasteiger partial charge in [0.15, 0.2) is 6.61 Å². The molecule has 0 unspecified atom stereocenters. The fourth-order valence-electron chi connectivity index (χ4n) is 4.60. The number of ether oxygens (including phenoxy) is 1. The fourth-order valence-corrected chi connectivity index (χ4v) is 4.60. The molecule has 1 aliphatic rings. The smallest absolute Gasteiger partial charge is 0.257 e. The van der Waals surface area contributed by atoms with E-state index in [9.17, 15) is 29.1 Å². The third-order valence-corrected chi connectivity index (χ3v) is 6.84. The minimum absolute atomic E-state index is 0.0395. The summed E-state index contributed by atoms with van der Waals surface area (Å²) >= 11 is 0. The van der Waals surface area contributed by atoms with Crippen LogP contribution < -0.4 is 31.7 Å². The second-order valence-corrected chi connectivity index (χ2v) is 11.4. The highest BCUT2D eigenvalue weighted by Crippen LogP contribution is 2.14. The summed E-state index contributed by atoms with van der Waals surface area (Å²) in [6.07, 6.45) is 0.726. The molecule has 240 valence electrons. The van der Waals surface area contributed by atoms with Crippen LogP contribution in [0.25, 0.3) is 0 Å². The largest absolute Gasteiger partial charge is 0.484 e. The Morgan fingerprint density at radius 1 is 0.977 bits per heavy atom. The molecule has 2 bridgehead atoms. The monoisotopic (exact) mass is 604 g/mol. The van der Waals surface area contributed by atoms with Gasteiger partial charge in [-0.1, -0.05) is 26.0 Å². The van der Waals surface area contributed by atoms with Crippen molar-refractivity contribution >= 4 is 29.5 Å². The summed E-state index contributed by atoms with van der Waals surface area (Å²) in [6.45, 7) is 8.03. The molecule has 0 fully saturated rings. The zero-order valence-electron chi connectivity index (χ0n) is 25.7. The highest BCUT2D eigenvalue weighted by molar-refractivity contribution is 5.92. The minimum atomic E-state index is -1.22. The van der Waals surface area contributed by atoms with Crippen LogP contribution in [-0.4, -0.2) is 96.6 Å². The Bertz CT molecular complexity index is 1090. The number of rotatable bonds is 4. The molecule has 1 aromatic carbocycles. The Balaban J connectivity index is 2.22. The van der Waals surface area contributed by atoms with Crippen LogP contribution in [0.4, 0.5) is 0 Å². The molecule has 2 rings (SSSR count). The van der Waals surface area contributed by atoms with E-state index in [0.717, 1.165) is 0 Å². The SMILES string of the molecule is CC(C)C[C@H]1NC(=O)Cc2cccc(c2)OCC(=O)NCCCN(C(=O)[C@H](C)N)CCCCNC(=O)[C@H]([C@@H](C)O)NC1=O. The predicted octanol–water partition coefficient (Wildman–Crippen LogP) is -0.403. The first-order valence-corrected chi connectivity index (χ1v) is 15.0. The third kappa shape index (κ3) is 13.0. The Morgan fingerprint density at radius 2 is 1.67 bits per heavy atom. The van der Waals surface area contributed by atoms with E-state index in [1.54, 1.807) is 36.1 Å². The number of nitrogens with one attached hydrogen (secondary N) is 4. The molecule has 43 heavy (non-hydrogen) atoms. The van der Waals surface area contributed by atoms with Gasteiger partial charge in [0, 0.05) is 26.2 Å². The zero-order valence-corrected chi connectivity index (χ0v) is 25.7. The van der Waals surface area contributed by atoms with Crippen LogP contribution in [0.2, 0.25) is 0 Å². The molecule has 13 heteroatoms. The third-order valence-electron chi connectivity index (χ3n) is 6.84. The molecule has 0 aromatic heterocycles. The van der Waals surface area contributed by atoms with E-state index in [2.05, 4.69) is 21.3 Å². The summed E-state index contributed by atoms with van der Waals surface area (Å²) in [5.74, 6) is -1.60. The number of amides is 5. The number of nitrogens with two attached hydrogens (primary N) is 1. The van der Waals surface area contributed by atoms with Gasteiger partial charge in [0.05, 0.1) is 18.6 Å². The average Bonchev–Trinajstić information content (AvgIpc) is 2.93. The van der Waals surface area contributed by atoms with Crippen molar-refractivity contribution in [2.24, 2.45) is 11.7 Å². The fraction of sp³-hybridized carbons (Fsp3) is 0.633. The molecule has 13 nitrogen and oxygen atoms in total. The van der Waals surface area contributed by atoms with E-state index in [4.69, 9.17) is 10.5 Å².